The van der Waals surface area contributed by atoms with E-state index in [1.54, 1.807) is 0 Å². The molecule has 0 amide bonds. The van der Waals surface area contributed by atoms with Crippen molar-refractivity contribution in [2.24, 2.45) is 0 Å². The zero-order valence-corrected chi connectivity index (χ0v) is 10.1. The minimum atomic E-state index is -0.481. The first kappa shape index (κ1) is 10.6. The normalized spacial score (nSPS) is 9.83. The first-order chi connectivity index (χ1) is 5.29. The molecule has 0 atom stereocenters. The third kappa shape index (κ3) is 1.71. The average molecular weight is 210 g/mol. The van der Waals surface area contributed by atoms with E-state index in [1.807, 2.05) is 0 Å². The maximum atomic E-state index is 12.8. The van der Waals surface area contributed by atoms with Gasteiger partial charge in [0.1, 0.15) is 11.0 Å². The summed E-state index contributed by atoms with van der Waals surface area (Å²) in [6.45, 7) is 0. The van der Waals surface area contributed by atoms with Crippen LogP contribution in [0.5, 0.6) is 0 Å². The monoisotopic (exact) mass is 209 g/mol. The number of hydrogen-bond donors (Lipinski definition) is 0. The Morgan fingerprint density at radius 2 is 2.17 bits per heavy atom. The molecule has 2 heterocycles. The number of nitrogens with zero attached hydrogens (tertiary/aromatic N) is 3. The van der Waals surface area contributed by atoms with E-state index in [0.29, 0.717) is 5.65 Å². The second kappa shape index (κ2) is 4.12. The van der Waals surface area contributed by atoms with Crippen LogP contribution in [0.3, 0.4) is 0 Å². The van der Waals surface area contributed by atoms with Gasteiger partial charge in [0.2, 0.25) is 0 Å². The molecule has 12 heavy (non-hydrogen) atoms. The van der Waals surface area contributed by atoms with Crippen molar-refractivity contribution in [3.63, 3.8) is 0 Å². The van der Waals surface area contributed by atoms with Crippen LogP contribution in [0.4, 0.5) is 4.39 Å². The van der Waals surface area contributed by atoms with E-state index in [-0.39, 0.29) is 61.9 Å². The van der Waals surface area contributed by atoms with Gasteiger partial charge in [-0.3, -0.25) is 0 Å². The van der Waals surface area contributed by atoms with E-state index >= 15 is 0 Å². The molecule has 2 rings (SSSR count). The predicted octanol–water partition coefficient (Wildman–Crippen LogP) is -1.62. The minimum absolute atomic E-state index is 0. The number of halogens is 2. The maximum Gasteiger partial charge on any atom is 1.00 e. The summed E-state index contributed by atoms with van der Waals surface area (Å²) in [5.41, 5.74) is 0.294. The van der Waals surface area contributed by atoms with Gasteiger partial charge in [0.25, 0.3) is 0 Å². The average Bonchev–Trinajstić information content (AvgIpc) is 2.34. The molecule has 2 aromatic heterocycles. The minimum Gasteiger partial charge on any atom is -0.439 e. The fourth-order valence-electron chi connectivity index (χ4n) is 0.841. The molecule has 0 saturated heterocycles. The third-order valence-corrected chi connectivity index (χ3v) is 1.61. The van der Waals surface area contributed by atoms with Crippen molar-refractivity contribution >= 4 is 22.6 Å². The topological polar surface area (TPSA) is 39.9 Å². The molecule has 0 aromatic carbocycles. The Morgan fingerprint density at radius 3 is 2.83 bits per heavy atom. The summed E-state index contributed by atoms with van der Waals surface area (Å²) in [5.74, 6) is -0.481. The Labute approximate surface area is 115 Å². The van der Waals surface area contributed by atoms with Crippen LogP contribution in [0.25, 0.3) is 11.0 Å². The van der Waals surface area contributed by atoms with Crippen LogP contribution in [0.1, 0.15) is 0 Å². The zero-order valence-electron chi connectivity index (χ0n) is 6.25. The molecule has 0 aliphatic heterocycles. The van der Waals surface area contributed by atoms with Crippen molar-refractivity contribution in [1.29, 1.82) is 0 Å². The Hall–Kier alpha value is 0.476. The molecule has 0 radical (unpaired) electrons. The van der Waals surface area contributed by atoms with Gasteiger partial charge in [-0.2, -0.15) is 0 Å². The molecule has 56 valence electrons. The molecule has 3 nitrogen and oxygen atoms in total. The SMILES string of the molecule is Fc1c[n-]c2ncnc(Cl)c12.[K+]. The van der Waals surface area contributed by atoms with Gasteiger partial charge in [-0.25, -0.2) is 9.37 Å². The molecular weight excluding hydrogens is 208 g/mol. The number of hydrogen-bond acceptors (Lipinski definition) is 2. The van der Waals surface area contributed by atoms with Crippen LogP contribution in [-0.2, 0) is 0 Å². The molecule has 0 aliphatic rings. The zero-order chi connectivity index (χ0) is 7.84. The molecule has 0 spiro atoms. The molecule has 0 fully saturated rings. The summed E-state index contributed by atoms with van der Waals surface area (Å²) >= 11 is 5.57. The first-order valence-electron chi connectivity index (χ1n) is 2.86. The van der Waals surface area contributed by atoms with Crippen LogP contribution in [0, 0.1) is 5.82 Å². The summed E-state index contributed by atoms with van der Waals surface area (Å²) in [7, 11) is 0. The Morgan fingerprint density at radius 1 is 1.42 bits per heavy atom. The van der Waals surface area contributed by atoms with Gasteiger partial charge >= 0.3 is 51.4 Å². The molecule has 6 heteroatoms. The second-order valence-corrected chi connectivity index (χ2v) is 2.33. The van der Waals surface area contributed by atoms with Crippen LogP contribution in [-0.4, -0.2) is 9.97 Å². The van der Waals surface area contributed by atoms with Gasteiger partial charge in [0.05, 0.1) is 0 Å². The quantitative estimate of drug-likeness (QED) is 0.387. The van der Waals surface area contributed by atoms with Crippen LogP contribution >= 0.6 is 11.6 Å². The van der Waals surface area contributed by atoms with Gasteiger partial charge in [-0.15, -0.1) is 0 Å². The summed E-state index contributed by atoms with van der Waals surface area (Å²) in [6, 6.07) is 0. The summed E-state index contributed by atoms with van der Waals surface area (Å²) < 4.78 is 12.8. The fraction of sp³-hybridized carbons (Fsp3) is 0. The van der Waals surface area contributed by atoms with Crippen LogP contribution in [0.2, 0.25) is 5.15 Å². The molecule has 0 saturated carbocycles. The molecular formula is C6H2ClFKN3. The summed E-state index contributed by atoms with van der Waals surface area (Å²) in [5, 5.41) is 0.291. The van der Waals surface area contributed by atoms with E-state index in [0.717, 1.165) is 6.20 Å². The standard InChI is InChI=1S/C6H2ClFN3.K/c7-5-4-3(8)1-9-6(4)11-2-10-5;/h1-2H;/q-1;+1. The van der Waals surface area contributed by atoms with E-state index < -0.39 is 5.82 Å². The van der Waals surface area contributed by atoms with Gasteiger partial charge in [-0.05, 0) is 11.8 Å². The summed E-state index contributed by atoms with van der Waals surface area (Å²) in [6.07, 6.45) is 2.32. The Balaban J connectivity index is 0.000000720. The number of aromatic nitrogens is 3. The first-order valence-corrected chi connectivity index (χ1v) is 3.24. The maximum absolute atomic E-state index is 12.8. The van der Waals surface area contributed by atoms with Crippen molar-refractivity contribution < 1.29 is 55.8 Å². The van der Waals surface area contributed by atoms with Crippen molar-refractivity contribution in [2.75, 3.05) is 0 Å². The van der Waals surface area contributed by atoms with Gasteiger partial charge in [0, 0.05) is 11.7 Å². The van der Waals surface area contributed by atoms with E-state index in [2.05, 4.69) is 15.0 Å². The molecule has 2 aromatic rings. The van der Waals surface area contributed by atoms with E-state index in [4.69, 9.17) is 11.6 Å². The molecule has 0 unspecified atom stereocenters. The van der Waals surface area contributed by atoms with Crippen molar-refractivity contribution in [3.05, 3.63) is 23.5 Å². The van der Waals surface area contributed by atoms with Gasteiger partial charge in [0.15, 0.2) is 0 Å². The smallest absolute Gasteiger partial charge is 0.439 e. The third-order valence-electron chi connectivity index (χ3n) is 1.32. The Bertz CT molecular complexity index is 403. The van der Waals surface area contributed by atoms with E-state index in [1.165, 1.54) is 6.33 Å². The van der Waals surface area contributed by atoms with Crippen molar-refractivity contribution in [2.45, 2.75) is 0 Å². The second-order valence-electron chi connectivity index (χ2n) is 1.97. The fourth-order valence-corrected chi connectivity index (χ4v) is 1.06. The van der Waals surface area contributed by atoms with E-state index in [9.17, 15) is 4.39 Å². The van der Waals surface area contributed by atoms with Gasteiger partial charge in [-0.1, -0.05) is 11.6 Å². The number of rotatable bonds is 0. The molecule has 0 bridgehead atoms. The largest absolute Gasteiger partial charge is 1.00 e. The van der Waals surface area contributed by atoms with Gasteiger partial charge < -0.3 is 9.97 Å². The molecule has 0 N–H and O–H groups in total. The molecule has 0 aliphatic carbocycles. The predicted molar refractivity (Wildman–Crippen MR) is 37.8 cm³/mol. The Kier molecular flexibility index (Phi) is 3.63. The van der Waals surface area contributed by atoms with Crippen LogP contribution in [0.15, 0.2) is 12.5 Å². The van der Waals surface area contributed by atoms with Crippen LogP contribution < -0.4 is 56.4 Å². The number of fused-ring (bicyclic) bond motifs is 1. The van der Waals surface area contributed by atoms with Crippen molar-refractivity contribution in [1.82, 2.24) is 15.0 Å². The van der Waals surface area contributed by atoms with Crippen molar-refractivity contribution in [3.8, 4) is 0 Å². The summed E-state index contributed by atoms with van der Waals surface area (Å²) in [4.78, 5) is 11.0.